The Bertz CT molecular complexity index is 564. The first-order valence-corrected chi connectivity index (χ1v) is 10.8. The molecule has 1 aromatic rings. The Kier molecular flexibility index (Phi) is 5.97. The molecular weight excluding hydrogens is 320 g/mol. The molecule has 0 spiro atoms. The molecule has 3 nitrogen and oxygen atoms in total. The van der Waals surface area contributed by atoms with Crippen LogP contribution < -0.4 is 0 Å². The van der Waals surface area contributed by atoms with Gasteiger partial charge in [0.15, 0.2) is 0 Å². The summed E-state index contributed by atoms with van der Waals surface area (Å²) < 4.78 is 6.02. The summed E-state index contributed by atoms with van der Waals surface area (Å²) in [5.74, 6) is 2.66. The van der Waals surface area contributed by atoms with Crippen LogP contribution in [0.15, 0.2) is 18.2 Å². The molecule has 0 unspecified atom stereocenters. The Morgan fingerprint density at radius 1 is 0.923 bits per heavy atom. The summed E-state index contributed by atoms with van der Waals surface area (Å²) in [5, 5.41) is 0. The fourth-order valence-corrected chi connectivity index (χ4v) is 5.32. The van der Waals surface area contributed by atoms with Gasteiger partial charge >= 0.3 is 0 Å². The summed E-state index contributed by atoms with van der Waals surface area (Å²) in [6, 6.07) is 6.96. The van der Waals surface area contributed by atoms with Crippen molar-refractivity contribution in [1.29, 1.82) is 0 Å². The van der Waals surface area contributed by atoms with E-state index < -0.39 is 0 Å². The van der Waals surface area contributed by atoms with Crippen LogP contribution in [0.4, 0.5) is 0 Å². The highest BCUT2D eigenvalue weighted by Crippen LogP contribution is 2.52. The van der Waals surface area contributed by atoms with Crippen LogP contribution in [0.2, 0.25) is 0 Å². The molecular formula is C23H36N2O. The van der Waals surface area contributed by atoms with E-state index in [2.05, 4.69) is 41.8 Å². The maximum atomic E-state index is 6.02. The molecule has 3 atom stereocenters. The van der Waals surface area contributed by atoms with Crippen molar-refractivity contribution in [1.82, 2.24) is 9.80 Å². The molecule has 2 aliphatic heterocycles. The van der Waals surface area contributed by atoms with E-state index in [-0.39, 0.29) is 0 Å². The average Bonchev–Trinajstić information content (AvgIpc) is 3.06. The highest BCUT2D eigenvalue weighted by Gasteiger charge is 2.55. The van der Waals surface area contributed by atoms with E-state index >= 15 is 0 Å². The van der Waals surface area contributed by atoms with Crippen molar-refractivity contribution in [3.05, 3.63) is 34.9 Å². The predicted octanol–water partition coefficient (Wildman–Crippen LogP) is 3.87. The molecule has 0 bridgehead atoms. The zero-order valence-corrected chi connectivity index (χ0v) is 16.8. The van der Waals surface area contributed by atoms with Gasteiger partial charge in [0.2, 0.25) is 0 Å². The quantitative estimate of drug-likeness (QED) is 0.658. The van der Waals surface area contributed by atoms with E-state index in [0.717, 1.165) is 37.5 Å². The van der Waals surface area contributed by atoms with E-state index in [1.807, 2.05) is 0 Å². The highest BCUT2D eigenvalue weighted by atomic mass is 16.5. The zero-order valence-electron chi connectivity index (χ0n) is 16.8. The number of nitrogens with zero attached hydrogens (tertiary/aromatic N) is 2. The second-order valence-corrected chi connectivity index (χ2v) is 9.01. The number of aryl methyl sites for hydroxylation is 2. The van der Waals surface area contributed by atoms with Gasteiger partial charge < -0.3 is 9.64 Å². The van der Waals surface area contributed by atoms with E-state index in [1.54, 1.807) is 0 Å². The molecule has 1 aliphatic carbocycles. The van der Waals surface area contributed by atoms with E-state index in [1.165, 1.54) is 75.1 Å². The van der Waals surface area contributed by atoms with Gasteiger partial charge in [-0.3, -0.25) is 4.90 Å². The van der Waals surface area contributed by atoms with Crippen molar-refractivity contribution in [3.8, 4) is 0 Å². The van der Waals surface area contributed by atoms with Crippen LogP contribution in [-0.4, -0.2) is 55.7 Å². The van der Waals surface area contributed by atoms with Crippen LogP contribution in [0.3, 0.4) is 0 Å². The molecule has 0 amide bonds. The lowest BCUT2D eigenvalue weighted by molar-refractivity contribution is 0.0967. The second kappa shape index (κ2) is 8.41. The first-order valence-electron chi connectivity index (χ1n) is 10.8. The number of rotatable bonds is 8. The van der Waals surface area contributed by atoms with Crippen LogP contribution in [0, 0.1) is 31.6 Å². The summed E-state index contributed by atoms with van der Waals surface area (Å²) in [5.41, 5.74) is 4.26. The maximum Gasteiger partial charge on any atom is 0.0500 e. The van der Waals surface area contributed by atoms with Gasteiger partial charge in [0.05, 0.1) is 6.61 Å². The van der Waals surface area contributed by atoms with Crippen LogP contribution in [0.25, 0.3) is 0 Å². The van der Waals surface area contributed by atoms with Gasteiger partial charge in [-0.1, -0.05) is 35.7 Å². The number of hydrogen-bond acceptors (Lipinski definition) is 3. The molecule has 4 rings (SSSR count). The molecule has 1 aromatic carbocycles. The van der Waals surface area contributed by atoms with Crippen LogP contribution in [-0.2, 0) is 11.3 Å². The van der Waals surface area contributed by atoms with Gasteiger partial charge in [0.1, 0.15) is 0 Å². The average molecular weight is 357 g/mol. The maximum absolute atomic E-state index is 6.02. The zero-order chi connectivity index (χ0) is 17.9. The van der Waals surface area contributed by atoms with Crippen molar-refractivity contribution in [2.24, 2.45) is 17.8 Å². The van der Waals surface area contributed by atoms with Crippen molar-refractivity contribution >= 4 is 0 Å². The molecule has 2 heterocycles. The summed E-state index contributed by atoms with van der Waals surface area (Å²) in [6.45, 7) is 13.9. The SMILES string of the molecule is Cc1cc(C)cc(CN2C[C@@H]3[C@H](COCCCN4CCCCC4)[C@@H]3C2)c1. The molecule has 0 aromatic heterocycles. The van der Waals surface area contributed by atoms with Gasteiger partial charge in [-0.2, -0.15) is 0 Å². The van der Waals surface area contributed by atoms with E-state index in [4.69, 9.17) is 4.74 Å². The molecule has 0 radical (unpaired) electrons. The number of fused-ring (bicyclic) bond motifs is 1. The van der Waals surface area contributed by atoms with Crippen molar-refractivity contribution < 1.29 is 4.74 Å². The third kappa shape index (κ3) is 4.68. The lowest BCUT2D eigenvalue weighted by Crippen LogP contribution is -2.31. The molecule has 3 fully saturated rings. The molecule has 3 heteroatoms. The number of hydrogen-bond donors (Lipinski definition) is 0. The Morgan fingerprint density at radius 2 is 1.62 bits per heavy atom. The fraction of sp³-hybridized carbons (Fsp3) is 0.739. The number of piperidine rings is 2. The smallest absolute Gasteiger partial charge is 0.0500 e. The van der Waals surface area contributed by atoms with Gasteiger partial charge in [-0.05, 0) is 69.5 Å². The topological polar surface area (TPSA) is 15.7 Å². The monoisotopic (exact) mass is 356 g/mol. The Balaban J connectivity index is 1.10. The minimum absolute atomic E-state index is 0.848. The number of benzene rings is 1. The first-order chi connectivity index (χ1) is 12.7. The fourth-order valence-electron chi connectivity index (χ4n) is 5.32. The van der Waals surface area contributed by atoms with Crippen molar-refractivity contribution in [3.63, 3.8) is 0 Å². The molecule has 26 heavy (non-hydrogen) atoms. The normalized spacial score (nSPS) is 29.1. The van der Waals surface area contributed by atoms with Gasteiger partial charge in [0, 0.05) is 32.8 Å². The predicted molar refractivity (Wildman–Crippen MR) is 107 cm³/mol. The third-order valence-electron chi connectivity index (χ3n) is 6.66. The molecule has 0 N–H and O–H groups in total. The summed E-state index contributed by atoms with van der Waals surface area (Å²) >= 11 is 0. The summed E-state index contributed by atoms with van der Waals surface area (Å²) in [4.78, 5) is 5.26. The second-order valence-electron chi connectivity index (χ2n) is 9.01. The Labute approximate surface area is 159 Å². The van der Waals surface area contributed by atoms with Crippen LogP contribution in [0.1, 0.15) is 42.4 Å². The Morgan fingerprint density at radius 3 is 2.31 bits per heavy atom. The Hall–Kier alpha value is -0.900. The molecule has 2 saturated heterocycles. The minimum atomic E-state index is 0.848. The summed E-state index contributed by atoms with van der Waals surface area (Å²) in [7, 11) is 0. The van der Waals surface area contributed by atoms with Gasteiger partial charge in [-0.25, -0.2) is 0 Å². The lowest BCUT2D eigenvalue weighted by atomic mass is 10.1. The van der Waals surface area contributed by atoms with E-state index in [9.17, 15) is 0 Å². The lowest BCUT2D eigenvalue weighted by Gasteiger charge is -2.26. The molecule has 1 saturated carbocycles. The molecule has 3 aliphatic rings. The summed E-state index contributed by atoms with van der Waals surface area (Å²) in [6.07, 6.45) is 5.43. The van der Waals surface area contributed by atoms with Gasteiger partial charge in [-0.15, -0.1) is 0 Å². The number of likely N-dealkylation sites (tertiary alicyclic amines) is 2. The van der Waals surface area contributed by atoms with Crippen molar-refractivity contribution in [2.45, 2.75) is 46.1 Å². The van der Waals surface area contributed by atoms with Crippen LogP contribution in [0.5, 0.6) is 0 Å². The molecule has 144 valence electrons. The van der Waals surface area contributed by atoms with Crippen LogP contribution >= 0.6 is 0 Å². The largest absolute Gasteiger partial charge is 0.381 e. The van der Waals surface area contributed by atoms with Gasteiger partial charge in [0.25, 0.3) is 0 Å². The third-order valence-corrected chi connectivity index (χ3v) is 6.66. The minimum Gasteiger partial charge on any atom is -0.381 e. The van der Waals surface area contributed by atoms with Crippen molar-refractivity contribution in [2.75, 3.05) is 45.9 Å². The number of ether oxygens (including phenoxy) is 1. The first kappa shape index (κ1) is 18.5. The van der Waals surface area contributed by atoms with E-state index in [0.29, 0.717) is 0 Å². The highest BCUT2D eigenvalue weighted by molar-refractivity contribution is 5.28. The standard InChI is InChI=1S/C23H36N2O/c1-18-11-19(2)13-20(12-18)14-25-15-21-22(16-25)23(21)17-26-10-6-9-24-7-4-3-5-8-24/h11-13,21-23H,3-10,14-17H2,1-2H3/t21-,22+,23-.